The minimum absolute atomic E-state index is 0.117. The largest absolute Gasteiger partial charge is 0.496 e. The third kappa shape index (κ3) is 12.0. The van der Waals surface area contributed by atoms with E-state index in [1.807, 2.05) is 194 Å². The molecule has 4 atom stereocenters. The number of rotatable bonds is 20. The van der Waals surface area contributed by atoms with Crippen molar-refractivity contribution in [1.82, 2.24) is 0 Å². The molecule has 0 fully saturated rings. The molecule has 0 saturated heterocycles. The molecule has 0 amide bonds. The SMILES string of the molecule is COc1cc(OCC(=O)O)c2cc1C(c1cccc3ccccc13)c1cc(c(OC)cc1OCC(=O)O)C(c1cccc3ccccc13)c1cc(c(OC)cc1OCC(=O)O)C(c1cccc3ccccc13)c1cc(c(OC)cc1OCC(=O)O)C2c1cccc2ccccc12. The molecule has 16 nitrogen and oxygen atoms in total. The van der Waals surface area contributed by atoms with Gasteiger partial charge >= 0.3 is 23.9 Å². The lowest BCUT2D eigenvalue weighted by Gasteiger charge is -2.33. The molecule has 0 spiro atoms. The first-order valence-corrected chi connectivity index (χ1v) is 30.9. The number of carbonyl (C=O) groups is 4. The van der Waals surface area contributed by atoms with Gasteiger partial charge in [-0.1, -0.05) is 170 Å². The summed E-state index contributed by atoms with van der Waals surface area (Å²) in [6, 6.07) is 69.6. The Hall–Kier alpha value is -12.0. The summed E-state index contributed by atoms with van der Waals surface area (Å²) < 4.78 is 52.5. The normalized spacial score (nSPS) is 15.0. The highest BCUT2D eigenvalue weighted by Crippen LogP contribution is 2.56. The summed E-state index contributed by atoms with van der Waals surface area (Å²) in [4.78, 5) is 51.8. The van der Waals surface area contributed by atoms with Gasteiger partial charge in [0, 0.05) is 92.4 Å². The van der Waals surface area contributed by atoms with E-state index in [0.29, 0.717) is 66.8 Å². The van der Waals surface area contributed by atoms with Gasteiger partial charge in [-0.3, -0.25) is 0 Å². The Morgan fingerprint density at radius 2 is 0.438 bits per heavy atom. The smallest absolute Gasteiger partial charge is 0.341 e. The van der Waals surface area contributed by atoms with Gasteiger partial charge in [0.1, 0.15) is 46.0 Å². The van der Waals surface area contributed by atoms with E-state index in [1.165, 1.54) is 28.4 Å². The summed E-state index contributed by atoms with van der Waals surface area (Å²) in [7, 11) is 6.02. The maximum atomic E-state index is 13.0. The molecule has 0 heterocycles. The first kappa shape index (κ1) is 62.8. The molecular weight excluding hydrogens is 1220 g/mol. The van der Waals surface area contributed by atoms with Gasteiger partial charge in [0.15, 0.2) is 26.4 Å². The lowest BCUT2D eigenvalue weighted by Crippen LogP contribution is -2.19. The van der Waals surface area contributed by atoms with Crippen molar-refractivity contribution >= 4 is 67.0 Å². The van der Waals surface area contributed by atoms with E-state index in [-0.39, 0.29) is 46.0 Å². The van der Waals surface area contributed by atoms with Crippen LogP contribution >= 0.6 is 0 Å². The van der Waals surface area contributed by atoms with Crippen LogP contribution in [0.5, 0.6) is 46.0 Å². The molecule has 0 saturated carbocycles. The van der Waals surface area contributed by atoms with E-state index in [2.05, 4.69) is 0 Å². The average Bonchev–Trinajstić information content (AvgIpc) is 0.733. The molecule has 1 aliphatic rings. The van der Waals surface area contributed by atoms with E-state index in [4.69, 9.17) is 37.9 Å². The molecule has 4 N–H and O–H groups in total. The second kappa shape index (κ2) is 26.9. The molecule has 0 radical (unpaired) electrons. The number of methoxy groups -OCH3 is 4. The molecule has 0 aromatic heterocycles. The van der Waals surface area contributed by atoms with Crippen molar-refractivity contribution in [2.24, 2.45) is 0 Å². The van der Waals surface area contributed by atoms with Crippen LogP contribution in [0.25, 0.3) is 43.1 Å². The van der Waals surface area contributed by atoms with Gasteiger partial charge in [0.2, 0.25) is 0 Å². The van der Waals surface area contributed by atoms with Crippen LogP contribution in [0.2, 0.25) is 0 Å². The first-order valence-electron chi connectivity index (χ1n) is 30.9. The standard InChI is InChI=1S/C80H64O16/c1-89-65-37-69(93-41-73(81)82)61-33-57(65)77(53-29-13-21-45-17-5-9-25-49(45)53)62-34-58(66(90-2)38-70(62)94-42-74(83)84)79(55-31-15-23-47-19-7-11-27-51(47)55)64-36-60(68(92-4)40-72(64)96-44-76(87)88)80(56-32-16-24-48-20-8-12-28-52(48)56)63-35-59(67(91-3)39-71(63)95-43-75(85)86)78(61)54-30-14-22-46-18-6-10-26-50(46)54/h5-40,77-80H,41-44H2,1-4H3,(H,81,82)(H,83,84)(H,85,86)(H,87,88). The zero-order valence-electron chi connectivity index (χ0n) is 52.6. The van der Waals surface area contributed by atoms with Gasteiger partial charge in [0.25, 0.3) is 0 Å². The van der Waals surface area contributed by atoms with Crippen LogP contribution in [-0.2, 0) is 19.2 Å². The van der Waals surface area contributed by atoms with Crippen molar-refractivity contribution in [1.29, 1.82) is 0 Å². The van der Waals surface area contributed by atoms with Gasteiger partial charge < -0.3 is 58.3 Å². The molecule has 96 heavy (non-hydrogen) atoms. The van der Waals surface area contributed by atoms with Crippen molar-refractivity contribution in [2.75, 3.05) is 54.9 Å². The number of aliphatic carboxylic acids is 4. The predicted octanol–water partition coefficient (Wildman–Crippen LogP) is 15.2. The number of carboxylic acids is 4. The summed E-state index contributed by atoms with van der Waals surface area (Å²) in [5.74, 6) is -7.56. The van der Waals surface area contributed by atoms with E-state index in [1.54, 1.807) is 24.3 Å². The monoisotopic (exact) mass is 1280 g/mol. The second-order valence-corrected chi connectivity index (χ2v) is 23.3. The fourth-order valence-electron chi connectivity index (χ4n) is 14.0. The lowest BCUT2D eigenvalue weighted by atomic mass is 9.73. The summed E-state index contributed by atoms with van der Waals surface area (Å²) in [6.45, 7) is -3.12. The number of benzene rings is 12. The predicted molar refractivity (Wildman–Crippen MR) is 364 cm³/mol. The van der Waals surface area contributed by atoms with Crippen molar-refractivity contribution in [3.05, 3.63) is 285 Å². The summed E-state index contributed by atoms with van der Waals surface area (Å²) in [6.07, 6.45) is 0. The highest BCUT2D eigenvalue weighted by molar-refractivity contribution is 5.92. The number of ether oxygens (including phenoxy) is 8. The van der Waals surface area contributed by atoms with Crippen molar-refractivity contribution in [2.45, 2.75) is 23.7 Å². The molecule has 13 rings (SSSR count). The minimum atomic E-state index is -1.26. The summed E-state index contributed by atoms with van der Waals surface area (Å²) >= 11 is 0. The molecule has 12 aromatic rings. The summed E-state index contributed by atoms with van der Waals surface area (Å²) in [5, 5.41) is 48.9. The number of hydrogen-bond donors (Lipinski definition) is 4. The fourth-order valence-corrected chi connectivity index (χ4v) is 14.0. The van der Waals surface area contributed by atoms with Gasteiger partial charge in [-0.05, 0) is 89.6 Å². The Balaban J connectivity index is 1.32. The third-order valence-electron chi connectivity index (χ3n) is 17.9. The molecule has 0 aliphatic heterocycles. The second-order valence-electron chi connectivity index (χ2n) is 23.3. The average molecular weight is 1280 g/mol. The Morgan fingerprint density at radius 1 is 0.250 bits per heavy atom. The Kier molecular flexibility index (Phi) is 17.6. The van der Waals surface area contributed by atoms with Crippen LogP contribution in [0.1, 0.15) is 90.4 Å². The van der Waals surface area contributed by atoms with E-state index < -0.39 is 74.0 Å². The zero-order valence-corrected chi connectivity index (χ0v) is 52.6. The van der Waals surface area contributed by atoms with Crippen LogP contribution < -0.4 is 37.9 Å². The molecule has 4 unspecified atom stereocenters. The fraction of sp³-hybridized carbons (Fsp3) is 0.150. The third-order valence-corrected chi connectivity index (χ3v) is 17.9. The number of hydrogen-bond acceptors (Lipinski definition) is 12. The first-order chi connectivity index (χ1) is 46.7. The topological polar surface area (TPSA) is 223 Å². The van der Waals surface area contributed by atoms with Gasteiger partial charge in [0.05, 0.1) is 28.4 Å². The van der Waals surface area contributed by atoms with Crippen molar-refractivity contribution in [3.63, 3.8) is 0 Å². The Bertz CT molecular complexity index is 4390. The van der Waals surface area contributed by atoms with Crippen LogP contribution in [0.3, 0.4) is 0 Å². The van der Waals surface area contributed by atoms with Gasteiger partial charge in [-0.25, -0.2) is 19.2 Å². The highest BCUT2D eigenvalue weighted by Gasteiger charge is 2.39. The molecule has 8 bridgehead atoms. The molecule has 480 valence electrons. The quantitative estimate of drug-likeness (QED) is 0.0557. The maximum absolute atomic E-state index is 13.0. The van der Waals surface area contributed by atoms with Gasteiger partial charge in [-0.15, -0.1) is 0 Å². The van der Waals surface area contributed by atoms with E-state index >= 15 is 0 Å². The molecule has 1 aliphatic carbocycles. The molecular formula is C80H64O16. The highest BCUT2D eigenvalue weighted by atomic mass is 16.5. The Labute approximate surface area is 551 Å². The zero-order chi connectivity index (χ0) is 66.7. The van der Waals surface area contributed by atoms with E-state index in [0.717, 1.165) is 43.1 Å². The molecule has 16 heteroatoms. The Morgan fingerprint density at radius 3 is 0.635 bits per heavy atom. The maximum Gasteiger partial charge on any atom is 0.341 e. The van der Waals surface area contributed by atoms with Crippen LogP contribution in [-0.4, -0.2) is 99.2 Å². The van der Waals surface area contributed by atoms with E-state index in [9.17, 15) is 39.6 Å². The van der Waals surface area contributed by atoms with Crippen molar-refractivity contribution in [3.8, 4) is 46.0 Å². The minimum Gasteiger partial charge on any atom is -0.496 e. The van der Waals surface area contributed by atoms with Crippen LogP contribution in [0.15, 0.2) is 218 Å². The molecule has 12 aromatic carbocycles. The lowest BCUT2D eigenvalue weighted by molar-refractivity contribution is -0.140. The number of fused-ring (bicyclic) bond motifs is 12. The van der Waals surface area contributed by atoms with Gasteiger partial charge in [-0.2, -0.15) is 0 Å². The summed E-state index contributed by atoms with van der Waals surface area (Å²) in [5.41, 5.74) is 6.56. The van der Waals surface area contributed by atoms with Crippen molar-refractivity contribution < 1.29 is 77.5 Å². The number of carboxylic acid groups (broad SMARTS) is 4. The van der Waals surface area contributed by atoms with Crippen LogP contribution in [0.4, 0.5) is 0 Å². The van der Waals surface area contributed by atoms with Crippen LogP contribution in [0, 0.1) is 0 Å².